The number of esters is 1. The normalized spacial score (nSPS) is 11.0. The second-order valence-electron chi connectivity index (χ2n) is 8.37. The molecule has 1 heterocycles. The highest BCUT2D eigenvalue weighted by Crippen LogP contribution is 2.55. The Morgan fingerprint density at radius 3 is 1.81 bits per heavy atom. The molecule has 182 valence electrons. The number of carbonyl (C=O) groups is 2. The van der Waals surface area contributed by atoms with Gasteiger partial charge in [0, 0.05) is 18.8 Å². The molecule has 0 bridgehead atoms. The van der Waals surface area contributed by atoms with Crippen LogP contribution in [-0.2, 0) is 9.53 Å². The zero-order valence-corrected chi connectivity index (χ0v) is 21.0. The first-order valence-electron chi connectivity index (χ1n) is 12.1. The Morgan fingerprint density at radius 1 is 0.750 bits per heavy atom. The maximum absolute atomic E-state index is 12.6. The first-order chi connectivity index (χ1) is 17.7. The molecular weight excluding hydrogens is 467 g/mol. The number of nitrogens with zero attached hydrogens (tertiary/aromatic N) is 1. The van der Waals surface area contributed by atoms with Crippen molar-refractivity contribution in [3.05, 3.63) is 121 Å². The lowest BCUT2D eigenvalue weighted by molar-refractivity contribution is -0.121. The summed E-state index contributed by atoms with van der Waals surface area (Å²) in [5.74, 6) is -0.486. The van der Waals surface area contributed by atoms with Crippen molar-refractivity contribution in [3.8, 4) is 0 Å². The lowest BCUT2D eigenvalue weighted by Crippen LogP contribution is -2.34. The summed E-state index contributed by atoms with van der Waals surface area (Å²) in [7, 11) is -1.94. The van der Waals surface area contributed by atoms with Crippen molar-refractivity contribution in [3.63, 3.8) is 0 Å². The first kappa shape index (κ1) is 25.3. The summed E-state index contributed by atoms with van der Waals surface area (Å²) >= 11 is 0. The molecule has 1 N–H and O–H groups in total. The minimum Gasteiger partial charge on any atom is -0.460 e. The van der Waals surface area contributed by atoms with E-state index >= 15 is 0 Å². The maximum Gasteiger partial charge on any atom is 0.339 e. The van der Waals surface area contributed by atoms with Gasteiger partial charge in [-0.2, -0.15) is 0 Å². The van der Waals surface area contributed by atoms with E-state index in [4.69, 9.17) is 4.74 Å². The lowest BCUT2D eigenvalue weighted by atomic mass is 10.3. The van der Waals surface area contributed by atoms with Crippen LogP contribution in [-0.4, -0.2) is 36.2 Å². The van der Waals surface area contributed by atoms with Crippen LogP contribution in [0.4, 0.5) is 0 Å². The van der Waals surface area contributed by atoms with Crippen molar-refractivity contribution in [2.45, 2.75) is 12.8 Å². The van der Waals surface area contributed by atoms with E-state index in [0.29, 0.717) is 12.0 Å². The van der Waals surface area contributed by atoms with Crippen LogP contribution in [0.3, 0.4) is 0 Å². The van der Waals surface area contributed by atoms with E-state index in [1.807, 2.05) is 18.2 Å². The fraction of sp³-hybridized carbons (Fsp3) is 0.167. The third-order valence-electron chi connectivity index (χ3n) is 6.04. The topological polar surface area (TPSA) is 68.3 Å². The zero-order valence-electron chi connectivity index (χ0n) is 20.1. The molecule has 0 radical (unpaired) electrons. The number of pyridine rings is 1. The largest absolute Gasteiger partial charge is 0.460 e. The third kappa shape index (κ3) is 6.24. The van der Waals surface area contributed by atoms with Gasteiger partial charge in [0.15, 0.2) is 0 Å². The first-order valence-corrected chi connectivity index (χ1v) is 14.1. The van der Waals surface area contributed by atoms with E-state index in [2.05, 4.69) is 83.1 Å². The SMILES string of the molecule is O=C(CCC[P+](c1ccccc1)(c1ccccc1)c1ccccc1)NCCOC(=O)c1cccnc1. The van der Waals surface area contributed by atoms with E-state index in [1.54, 1.807) is 18.3 Å². The van der Waals surface area contributed by atoms with Crippen LogP contribution in [0.15, 0.2) is 116 Å². The Bertz CT molecular complexity index is 1140. The highest BCUT2D eigenvalue weighted by Gasteiger charge is 2.44. The fourth-order valence-corrected chi connectivity index (χ4v) is 8.69. The van der Waals surface area contributed by atoms with Crippen LogP contribution in [0.2, 0.25) is 0 Å². The molecule has 4 aromatic rings. The molecule has 3 aromatic carbocycles. The van der Waals surface area contributed by atoms with Crippen molar-refractivity contribution < 1.29 is 14.3 Å². The van der Waals surface area contributed by atoms with Gasteiger partial charge in [-0.05, 0) is 55.0 Å². The molecule has 36 heavy (non-hydrogen) atoms. The Kier molecular flexibility index (Phi) is 8.96. The summed E-state index contributed by atoms with van der Waals surface area (Å²) in [5.41, 5.74) is 0.395. The van der Waals surface area contributed by atoms with Crippen LogP contribution in [0.25, 0.3) is 0 Å². The second kappa shape index (κ2) is 12.8. The number of nitrogens with one attached hydrogen (secondary N) is 1. The zero-order chi connectivity index (χ0) is 25.1. The molecule has 0 saturated heterocycles. The number of carbonyl (C=O) groups excluding carboxylic acids is 2. The highest BCUT2D eigenvalue weighted by atomic mass is 31.2. The fourth-order valence-electron chi connectivity index (χ4n) is 4.35. The van der Waals surface area contributed by atoms with Gasteiger partial charge in [-0.15, -0.1) is 0 Å². The van der Waals surface area contributed by atoms with E-state index in [1.165, 1.54) is 22.1 Å². The van der Waals surface area contributed by atoms with Gasteiger partial charge in [-0.1, -0.05) is 54.6 Å². The molecular formula is C30H30N2O3P+. The van der Waals surface area contributed by atoms with E-state index in [0.717, 1.165) is 12.6 Å². The smallest absolute Gasteiger partial charge is 0.339 e. The summed E-state index contributed by atoms with van der Waals surface area (Å²) in [4.78, 5) is 28.5. The Labute approximate surface area is 212 Å². The molecule has 0 unspecified atom stereocenters. The van der Waals surface area contributed by atoms with Gasteiger partial charge in [0.1, 0.15) is 29.8 Å². The van der Waals surface area contributed by atoms with E-state index in [9.17, 15) is 9.59 Å². The predicted molar refractivity (Wildman–Crippen MR) is 147 cm³/mol. The Morgan fingerprint density at radius 2 is 1.31 bits per heavy atom. The van der Waals surface area contributed by atoms with Crippen LogP contribution < -0.4 is 21.2 Å². The molecule has 0 spiro atoms. The van der Waals surface area contributed by atoms with Crippen molar-refractivity contribution in [1.29, 1.82) is 0 Å². The minimum atomic E-state index is -1.94. The molecule has 5 nitrogen and oxygen atoms in total. The summed E-state index contributed by atoms with van der Waals surface area (Å²) in [5, 5.41) is 6.81. The summed E-state index contributed by atoms with van der Waals surface area (Å²) in [6.07, 6.45) is 5.09. The molecule has 6 heteroatoms. The van der Waals surface area contributed by atoms with Gasteiger partial charge in [-0.25, -0.2) is 4.79 Å². The van der Waals surface area contributed by atoms with Gasteiger partial charge in [0.2, 0.25) is 5.91 Å². The molecule has 0 fully saturated rings. The average Bonchev–Trinajstić information content (AvgIpc) is 2.95. The molecule has 1 aromatic heterocycles. The third-order valence-corrected chi connectivity index (χ3v) is 10.6. The number of hydrogen-bond acceptors (Lipinski definition) is 4. The molecule has 1 amide bonds. The van der Waals surface area contributed by atoms with Crippen LogP contribution in [0.5, 0.6) is 0 Å². The van der Waals surface area contributed by atoms with Crippen molar-refractivity contribution in [2.24, 2.45) is 0 Å². The van der Waals surface area contributed by atoms with Crippen molar-refractivity contribution >= 4 is 35.1 Å². The van der Waals surface area contributed by atoms with Crippen LogP contribution in [0.1, 0.15) is 23.2 Å². The standard InChI is InChI=1S/C30H29N2O3P/c33-29(32-21-22-35-30(34)25-12-10-20-31-24-25)19-11-23-36(26-13-4-1-5-14-26,27-15-6-2-7-16-27)28-17-8-3-9-18-28/h1-10,12-18,20,24H,11,19,21-23H2/p+1. The summed E-state index contributed by atoms with van der Waals surface area (Å²) in [6.45, 7) is 0.398. The van der Waals surface area contributed by atoms with Gasteiger partial charge < -0.3 is 10.1 Å². The maximum atomic E-state index is 12.6. The van der Waals surface area contributed by atoms with Crippen molar-refractivity contribution in [2.75, 3.05) is 19.3 Å². The lowest BCUT2D eigenvalue weighted by Gasteiger charge is -2.27. The van der Waals surface area contributed by atoms with Gasteiger partial charge in [0.25, 0.3) is 0 Å². The number of hydrogen-bond donors (Lipinski definition) is 1. The van der Waals surface area contributed by atoms with Crippen molar-refractivity contribution in [1.82, 2.24) is 10.3 Å². The predicted octanol–water partition coefficient (Wildman–Crippen LogP) is 4.13. The number of ether oxygens (including phenoxy) is 1. The number of benzene rings is 3. The van der Waals surface area contributed by atoms with E-state index < -0.39 is 13.2 Å². The van der Waals surface area contributed by atoms with Crippen LogP contribution in [0, 0.1) is 0 Å². The van der Waals surface area contributed by atoms with Gasteiger partial charge >= 0.3 is 5.97 Å². The van der Waals surface area contributed by atoms with Gasteiger partial charge in [-0.3, -0.25) is 9.78 Å². The van der Waals surface area contributed by atoms with E-state index in [-0.39, 0.29) is 19.1 Å². The molecule has 0 atom stereocenters. The average molecular weight is 498 g/mol. The number of amides is 1. The summed E-state index contributed by atoms with van der Waals surface area (Å²) in [6, 6.07) is 35.3. The Balaban J connectivity index is 1.41. The minimum absolute atomic E-state index is 0.0419. The molecule has 0 aliphatic heterocycles. The Hall–Kier alpha value is -3.82. The van der Waals surface area contributed by atoms with Gasteiger partial charge in [0.05, 0.1) is 18.3 Å². The molecule has 0 aliphatic rings. The summed E-state index contributed by atoms with van der Waals surface area (Å²) < 4.78 is 5.22. The number of aromatic nitrogens is 1. The monoisotopic (exact) mass is 497 g/mol. The molecule has 0 aliphatic carbocycles. The second-order valence-corrected chi connectivity index (χ2v) is 12.0. The quantitative estimate of drug-likeness (QED) is 0.192. The number of rotatable bonds is 11. The van der Waals surface area contributed by atoms with Crippen LogP contribution >= 0.6 is 7.26 Å². The molecule has 4 rings (SSSR count). The highest BCUT2D eigenvalue weighted by molar-refractivity contribution is 7.95. The molecule has 0 saturated carbocycles.